The molecular formula is C16H19ClN4O2. The summed E-state index contributed by atoms with van der Waals surface area (Å²) in [6, 6.07) is 6.99. The molecule has 6 nitrogen and oxygen atoms in total. The molecule has 1 amide bonds. The first-order valence-corrected chi connectivity index (χ1v) is 7.65. The van der Waals surface area contributed by atoms with Crippen molar-refractivity contribution >= 4 is 23.2 Å². The van der Waals surface area contributed by atoms with E-state index >= 15 is 0 Å². The van der Waals surface area contributed by atoms with Gasteiger partial charge >= 0.3 is 0 Å². The molecule has 0 aliphatic rings. The Morgan fingerprint density at radius 1 is 1.35 bits per heavy atom. The Labute approximate surface area is 140 Å². The van der Waals surface area contributed by atoms with Crippen molar-refractivity contribution in [3.8, 4) is 5.75 Å². The highest BCUT2D eigenvalue weighted by Crippen LogP contribution is 2.19. The quantitative estimate of drug-likeness (QED) is 0.847. The summed E-state index contributed by atoms with van der Waals surface area (Å²) >= 11 is 6.03. The molecule has 23 heavy (non-hydrogen) atoms. The van der Waals surface area contributed by atoms with Crippen molar-refractivity contribution in [1.82, 2.24) is 9.97 Å². The van der Waals surface area contributed by atoms with E-state index in [2.05, 4.69) is 15.3 Å². The van der Waals surface area contributed by atoms with Crippen molar-refractivity contribution in [3.05, 3.63) is 47.0 Å². The van der Waals surface area contributed by atoms with Crippen molar-refractivity contribution in [2.24, 2.45) is 5.73 Å². The van der Waals surface area contributed by atoms with Gasteiger partial charge in [0.2, 0.25) is 0 Å². The number of benzene rings is 1. The summed E-state index contributed by atoms with van der Waals surface area (Å²) in [4.78, 5) is 20.7. The molecular weight excluding hydrogens is 316 g/mol. The molecule has 0 aliphatic heterocycles. The van der Waals surface area contributed by atoms with Crippen molar-refractivity contribution in [3.63, 3.8) is 0 Å². The Bertz CT molecular complexity index is 674. The predicted octanol–water partition coefficient (Wildman–Crippen LogP) is 2.84. The van der Waals surface area contributed by atoms with Gasteiger partial charge in [-0.3, -0.25) is 4.79 Å². The zero-order valence-corrected chi connectivity index (χ0v) is 13.8. The number of carbonyl (C=O) groups is 1. The van der Waals surface area contributed by atoms with Gasteiger partial charge in [0.15, 0.2) is 5.69 Å². The number of nitrogens with one attached hydrogen (secondary N) is 1. The lowest BCUT2D eigenvalue weighted by molar-refractivity contribution is 0.102. The monoisotopic (exact) mass is 334 g/mol. The second-order valence-corrected chi connectivity index (χ2v) is 5.60. The molecule has 0 radical (unpaired) electrons. The van der Waals surface area contributed by atoms with E-state index in [1.54, 1.807) is 24.3 Å². The maximum atomic E-state index is 12.3. The number of hydrogen-bond acceptors (Lipinski definition) is 5. The molecule has 0 saturated carbocycles. The number of hydrogen-bond donors (Lipinski definition) is 2. The van der Waals surface area contributed by atoms with Gasteiger partial charge in [0.05, 0.1) is 11.2 Å². The fourth-order valence-corrected chi connectivity index (χ4v) is 2.00. The van der Waals surface area contributed by atoms with Crippen molar-refractivity contribution in [1.29, 1.82) is 0 Å². The van der Waals surface area contributed by atoms with Crippen molar-refractivity contribution in [2.75, 3.05) is 18.5 Å². The topological polar surface area (TPSA) is 90.1 Å². The molecule has 0 spiro atoms. The van der Waals surface area contributed by atoms with Crippen molar-refractivity contribution in [2.45, 2.75) is 19.8 Å². The average molecular weight is 335 g/mol. The molecule has 0 saturated heterocycles. The number of aromatic nitrogens is 2. The van der Waals surface area contributed by atoms with Crippen LogP contribution in [-0.4, -0.2) is 29.0 Å². The van der Waals surface area contributed by atoms with E-state index in [1.807, 2.05) is 13.8 Å². The third-order valence-electron chi connectivity index (χ3n) is 2.99. The molecule has 0 fully saturated rings. The molecule has 1 aromatic heterocycles. The summed E-state index contributed by atoms with van der Waals surface area (Å²) in [5.41, 5.74) is 6.16. The Hall–Kier alpha value is -2.18. The lowest BCUT2D eigenvalue weighted by atomic mass is 10.2. The zero-order valence-electron chi connectivity index (χ0n) is 13.0. The van der Waals surface area contributed by atoms with Crippen LogP contribution in [0.1, 0.15) is 36.1 Å². The van der Waals surface area contributed by atoms with E-state index in [1.165, 1.54) is 6.20 Å². The van der Waals surface area contributed by atoms with E-state index in [4.69, 9.17) is 22.1 Å². The first kappa shape index (κ1) is 17.2. The van der Waals surface area contributed by atoms with Crippen LogP contribution in [0.3, 0.4) is 0 Å². The Morgan fingerprint density at radius 3 is 2.65 bits per heavy atom. The summed E-state index contributed by atoms with van der Waals surface area (Å²) in [6.07, 6.45) is 1.45. The van der Waals surface area contributed by atoms with Gasteiger partial charge in [-0.2, -0.15) is 0 Å². The normalized spacial score (nSPS) is 10.7. The number of ether oxygens (including phenoxy) is 1. The summed E-state index contributed by atoms with van der Waals surface area (Å²) in [7, 11) is 0. The zero-order chi connectivity index (χ0) is 16.8. The lowest BCUT2D eigenvalue weighted by Gasteiger charge is -2.10. The largest absolute Gasteiger partial charge is 0.492 e. The molecule has 122 valence electrons. The van der Waals surface area contributed by atoms with Crippen LogP contribution in [0.2, 0.25) is 5.02 Å². The summed E-state index contributed by atoms with van der Waals surface area (Å²) in [5, 5.41) is 2.97. The van der Waals surface area contributed by atoms with Crippen LogP contribution in [0.4, 0.5) is 5.69 Å². The van der Waals surface area contributed by atoms with Crippen LogP contribution in [-0.2, 0) is 0 Å². The van der Waals surface area contributed by atoms with Gasteiger partial charge in [-0.25, -0.2) is 9.97 Å². The second kappa shape index (κ2) is 7.89. The van der Waals surface area contributed by atoms with Crippen LogP contribution in [0.25, 0.3) is 0 Å². The number of anilines is 1. The number of nitrogens with two attached hydrogens (primary N) is 1. The van der Waals surface area contributed by atoms with Crippen LogP contribution in [0.5, 0.6) is 5.75 Å². The van der Waals surface area contributed by atoms with Gasteiger partial charge in [0.25, 0.3) is 5.91 Å². The molecule has 1 aromatic carbocycles. The third-order valence-corrected chi connectivity index (χ3v) is 3.27. The number of amides is 1. The van der Waals surface area contributed by atoms with Gasteiger partial charge in [0.1, 0.15) is 18.2 Å². The maximum absolute atomic E-state index is 12.3. The smallest absolute Gasteiger partial charge is 0.275 e. The van der Waals surface area contributed by atoms with Gasteiger partial charge in [-0.05, 0) is 24.3 Å². The summed E-state index contributed by atoms with van der Waals surface area (Å²) in [6.45, 7) is 4.79. The standard InChI is InChI=1S/C16H19ClN4O2/c1-10(2)15-19-9-13(17)14(21-15)16(22)20-11-3-5-12(6-4-11)23-8-7-18/h3-6,9-10H,7-8,18H2,1-2H3,(H,20,22). The fourth-order valence-electron chi connectivity index (χ4n) is 1.82. The number of rotatable bonds is 6. The minimum atomic E-state index is -0.380. The van der Waals surface area contributed by atoms with Gasteiger partial charge in [-0.15, -0.1) is 0 Å². The Kier molecular flexibility index (Phi) is 5.90. The van der Waals surface area contributed by atoms with Gasteiger partial charge in [-0.1, -0.05) is 25.4 Å². The van der Waals surface area contributed by atoms with Crippen LogP contribution in [0.15, 0.2) is 30.5 Å². The molecule has 1 heterocycles. The van der Waals surface area contributed by atoms with Crippen LogP contribution >= 0.6 is 11.6 Å². The van der Waals surface area contributed by atoms with Crippen LogP contribution in [0, 0.1) is 0 Å². The first-order valence-electron chi connectivity index (χ1n) is 7.28. The van der Waals surface area contributed by atoms with E-state index in [-0.39, 0.29) is 22.5 Å². The van der Waals surface area contributed by atoms with Gasteiger partial charge in [0, 0.05) is 18.2 Å². The molecule has 0 aliphatic carbocycles. The molecule has 3 N–H and O–H groups in total. The van der Waals surface area contributed by atoms with Crippen molar-refractivity contribution < 1.29 is 9.53 Å². The lowest BCUT2D eigenvalue weighted by Crippen LogP contribution is -2.16. The van der Waals surface area contributed by atoms with Crippen LogP contribution < -0.4 is 15.8 Å². The minimum absolute atomic E-state index is 0.109. The SMILES string of the molecule is CC(C)c1ncc(Cl)c(C(=O)Nc2ccc(OCCN)cc2)n1. The summed E-state index contributed by atoms with van der Waals surface area (Å²) in [5.74, 6) is 0.994. The average Bonchev–Trinajstić information content (AvgIpc) is 2.54. The molecule has 2 rings (SSSR count). The number of nitrogens with zero attached hydrogens (tertiary/aromatic N) is 2. The number of halogens is 1. The Balaban J connectivity index is 2.11. The highest BCUT2D eigenvalue weighted by atomic mass is 35.5. The Morgan fingerprint density at radius 2 is 2.04 bits per heavy atom. The van der Waals surface area contributed by atoms with E-state index in [9.17, 15) is 4.79 Å². The van der Waals surface area contributed by atoms with E-state index < -0.39 is 0 Å². The fraction of sp³-hybridized carbons (Fsp3) is 0.312. The highest BCUT2D eigenvalue weighted by molar-refractivity contribution is 6.33. The molecule has 7 heteroatoms. The summed E-state index contributed by atoms with van der Waals surface area (Å²) < 4.78 is 5.38. The molecule has 0 unspecified atom stereocenters. The van der Waals surface area contributed by atoms with Gasteiger partial charge < -0.3 is 15.8 Å². The first-order chi connectivity index (χ1) is 11.0. The molecule has 0 atom stereocenters. The highest BCUT2D eigenvalue weighted by Gasteiger charge is 2.15. The number of carbonyl (C=O) groups excluding carboxylic acids is 1. The predicted molar refractivity (Wildman–Crippen MR) is 90.1 cm³/mol. The van der Waals surface area contributed by atoms with E-state index in [0.29, 0.717) is 30.4 Å². The van der Waals surface area contributed by atoms with E-state index in [0.717, 1.165) is 0 Å². The third kappa shape index (κ3) is 4.64. The molecule has 0 bridgehead atoms. The molecule has 2 aromatic rings. The minimum Gasteiger partial charge on any atom is -0.492 e. The second-order valence-electron chi connectivity index (χ2n) is 5.20. The maximum Gasteiger partial charge on any atom is 0.275 e.